The van der Waals surface area contributed by atoms with Gasteiger partial charge in [-0.15, -0.1) is 11.3 Å². The second-order valence-electron chi connectivity index (χ2n) is 11.8. The third kappa shape index (κ3) is 4.63. The fraction of sp³-hybridized carbons (Fsp3) is 0. The summed E-state index contributed by atoms with van der Waals surface area (Å²) in [6.45, 7) is 0. The van der Waals surface area contributed by atoms with Gasteiger partial charge in [-0.3, -0.25) is 0 Å². The Kier molecular flexibility index (Phi) is 6.40. The quantitative estimate of drug-likeness (QED) is 0.189. The Hall–Kier alpha value is -5.70. The molecule has 46 heavy (non-hydrogen) atoms. The number of hydrogen-bond donors (Lipinski definition) is 0. The molecule has 1 aromatic heterocycles. The van der Waals surface area contributed by atoms with Crippen molar-refractivity contribution in [3.63, 3.8) is 0 Å². The van der Waals surface area contributed by atoms with Crippen molar-refractivity contribution in [1.82, 2.24) is 0 Å². The average Bonchev–Trinajstić information content (AvgIpc) is 3.51. The van der Waals surface area contributed by atoms with Crippen LogP contribution in [0.15, 0.2) is 176 Å². The van der Waals surface area contributed by atoms with Gasteiger partial charge in [0.1, 0.15) is 0 Å². The lowest BCUT2D eigenvalue weighted by molar-refractivity contribution is 1.29. The zero-order valence-electron chi connectivity index (χ0n) is 25.1. The van der Waals surface area contributed by atoms with Crippen molar-refractivity contribution in [3.05, 3.63) is 176 Å². The second-order valence-corrected chi connectivity index (χ2v) is 12.9. The predicted octanol–water partition coefficient (Wildman–Crippen LogP) is 13.2. The first-order valence-corrected chi connectivity index (χ1v) is 16.5. The molecule has 0 aliphatic rings. The summed E-state index contributed by atoms with van der Waals surface area (Å²) in [5, 5.41) is 7.61. The molecule has 1 nitrogen and oxygen atoms in total. The highest BCUT2D eigenvalue weighted by Gasteiger charge is 2.17. The molecule has 9 rings (SSSR count). The molecule has 0 N–H and O–H groups in total. The molecule has 0 amide bonds. The van der Waals surface area contributed by atoms with Crippen molar-refractivity contribution in [1.29, 1.82) is 0 Å². The number of anilines is 3. The molecule has 1 heterocycles. The number of nitrogens with zero attached hydrogens (tertiary/aromatic N) is 1. The van der Waals surface area contributed by atoms with Gasteiger partial charge in [0, 0.05) is 37.2 Å². The Morgan fingerprint density at radius 1 is 0.348 bits per heavy atom. The molecule has 0 saturated heterocycles. The molecule has 0 atom stereocenters. The summed E-state index contributed by atoms with van der Waals surface area (Å²) in [5.74, 6) is 0. The fourth-order valence-corrected chi connectivity index (χ4v) is 7.92. The topological polar surface area (TPSA) is 3.24 Å². The Morgan fingerprint density at radius 3 is 1.72 bits per heavy atom. The monoisotopic (exact) mass is 603 g/mol. The maximum atomic E-state index is 2.40. The lowest BCUT2D eigenvalue weighted by atomic mass is 9.98. The maximum absolute atomic E-state index is 2.40. The van der Waals surface area contributed by atoms with Gasteiger partial charge in [0.05, 0.1) is 0 Å². The highest BCUT2D eigenvalue weighted by Crippen LogP contribution is 2.43. The van der Waals surface area contributed by atoms with E-state index in [1.54, 1.807) is 0 Å². The molecule has 0 fully saturated rings. The van der Waals surface area contributed by atoms with Gasteiger partial charge in [-0.05, 0) is 98.4 Å². The van der Waals surface area contributed by atoms with Gasteiger partial charge < -0.3 is 4.90 Å². The molecular weight excluding hydrogens is 575 g/mol. The first-order chi connectivity index (χ1) is 22.8. The first kappa shape index (κ1) is 26.7. The van der Waals surface area contributed by atoms with Crippen LogP contribution in [-0.4, -0.2) is 0 Å². The van der Waals surface area contributed by atoms with Crippen LogP contribution in [0.5, 0.6) is 0 Å². The molecule has 8 aromatic carbocycles. The molecule has 0 bridgehead atoms. The van der Waals surface area contributed by atoms with E-state index in [0.29, 0.717) is 0 Å². The molecule has 9 aromatic rings. The highest BCUT2D eigenvalue weighted by atomic mass is 32.1. The molecule has 2 heteroatoms. The van der Waals surface area contributed by atoms with Crippen LogP contribution in [0.2, 0.25) is 0 Å². The number of rotatable bonds is 5. The molecule has 0 spiro atoms. The Morgan fingerprint density at radius 2 is 0.913 bits per heavy atom. The number of fused-ring (bicyclic) bond motifs is 5. The normalized spacial score (nSPS) is 11.5. The number of benzene rings is 8. The number of thiophene rings is 1. The second kappa shape index (κ2) is 11.0. The van der Waals surface area contributed by atoms with Crippen LogP contribution in [0.4, 0.5) is 17.1 Å². The minimum Gasteiger partial charge on any atom is -0.310 e. The van der Waals surface area contributed by atoms with E-state index in [1.807, 2.05) is 11.3 Å². The van der Waals surface area contributed by atoms with Gasteiger partial charge in [-0.25, -0.2) is 0 Å². The Bertz CT molecular complexity index is 2560. The van der Waals surface area contributed by atoms with Crippen LogP contribution in [-0.2, 0) is 0 Å². The summed E-state index contributed by atoms with van der Waals surface area (Å²) in [4.78, 5) is 2.40. The van der Waals surface area contributed by atoms with Gasteiger partial charge in [0.2, 0.25) is 0 Å². The standard InChI is InChI=1S/C44H29NS/c1-3-12-32-26-35(23-22-30(32)10-1)34-14-7-16-37(28-34)45(39-25-24-31-11-2-4-13-33(31)27-39)38-17-8-15-36(29-38)40-19-9-21-43-44(40)41-18-5-6-20-42(41)46-43/h1-29H. The van der Waals surface area contributed by atoms with E-state index >= 15 is 0 Å². The molecule has 0 radical (unpaired) electrons. The van der Waals surface area contributed by atoms with Crippen molar-refractivity contribution < 1.29 is 0 Å². The van der Waals surface area contributed by atoms with E-state index in [2.05, 4.69) is 181 Å². The number of hydrogen-bond acceptors (Lipinski definition) is 2. The SMILES string of the molecule is c1cc(-c2ccc3ccccc3c2)cc(N(c2cccc(-c3cccc4sc5ccccc5c34)c2)c2ccc3ccccc3c2)c1. The van der Waals surface area contributed by atoms with Gasteiger partial charge in [0.15, 0.2) is 0 Å². The van der Waals surface area contributed by atoms with Crippen molar-refractivity contribution in [2.75, 3.05) is 4.90 Å². The predicted molar refractivity (Wildman–Crippen MR) is 200 cm³/mol. The zero-order valence-corrected chi connectivity index (χ0v) is 25.9. The smallest absolute Gasteiger partial charge is 0.0468 e. The van der Waals surface area contributed by atoms with Crippen molar-refractivity contribution >= 4 is 70.1 Å². The Labute approximate surface area is 272 Å². The van der Waals surface area contributed by atoms with Gasteiger partial charge in [0.25, 0.3) is 0 Å². The van der Waals surface area contributed by atoms with Gasteiger partial charge in [-0.2, -0.15) is 0 Å². The van der Waals surface area contributed by atoms with Crippen LogP contribution in [0.3, 0.4) is 0 Å². The molecular formula is C44H29NS. The van der Waals surface area contributed by atoms with Crippen LogP contribution in [0.1, 0.15) is 0 Å². The van der Waals surface area contributed by atoms with Crippen molar-refractivity contribution in [3.8, 4) is 22.3 Å². The Balaban J connectivity index is 1.22. The summed E-state index contributed by atoms with van der Waals surface area (Å²) in [7, 11) is 0. The van der Waals surface area contributed by atoms with Crippen LogP contribution in [0, 0.1) is 0 Å². The van der Waals surface area contributed by atoms with Crippen LogP contribution in [0.25, 0.3) is 64.0 Å². The van der Waals surface area contributed by atoms with Crippen LogP contribution >= 0.6 is 11.3 Å². The van der Waals surface area contributed by atoms with Gasteiger partial charge >= 0.3 is 0 Å². The summed E-state index contributed by atoms with van der Waals surface area (Å²) in [6, 6.07) is 64.1. The zero-order chi connectivity index (χ0) is 30.5. The minimum absolute atomic E-state index is 1.12. The first-order valence-electron chi connectivity index (χ1n) is 15.7. The van der Waals surface area contributed by atoms with Crippen LogP contribution < -0.4 is 4.90 Å². The fourth-order valence-electron chi connectivity index (χ4n) is 6.78. The van der Waals surface area contributed by atoms with Crippen molar-refractivity contribution in [2.45, 2.75) is 0 Å². The van der Waals surface area contributed by atoms with E-state index in [0.717, 1.165) is 17.1 Å². The summed E-state index contributed by atoms with van der Waals surface area (Å²) >= 11 is 1.87. The lowest BCUT2D eigenvalue weighted by Crippen LogP contribution is -2.10. The lowest BCUT2D eigenvalue weighted by Gasteiger charge is -2.27. The molecule has 0 saturated carbocycles. The minimum atomic E-state index is 1.12. The molecule has 0 aliphatic heterocycles. The highest BCUT2D eigenvalue weighted by molar-refractivity contribution is 7.25. The molecule has 0 unspecified atom stereocenters. The molecule has 216 valence electrons. The summed E-state index contributed by atoms with van der Waals surface area (Å²) < 4.78 is 2.64. The van der Waals surface area contributed by atoms with E-state index < -0.39 is 0 Å². The van der Waals surface area contributed by atoms with E-state index in [-0.39, 0.29) is 0 Å². The van der Waals surface area contributed by atoms with E-state index in [9.17, 15) is 0 Å². The van der Waals surface area contributed by atoms with E-state index in [1.165, 1.54) is 64.0 Å². The van der Waals surface area contributed by atoms with Gasteiger partial charge in [-0.1, -0.05) is 121 Å². The summed E-state index contributed by atoms with van der Waals surface area (Å²) in [5.41, 5.74) is 8.26. The average molecular weight is 604 g/mol. The summed E-state index contributed by atoms with van der Waals surface area (Å²) in [6.07, 6.45) is 0. The third-order valence-electron chi connectivity index (χ3n) is 9.00. The van der Waals surface area contributed by atoms with E-state index in [4.69, 9.17) is 0 Å². The third-order valence-corrected chi connectivity index (χ3v) is 10.1. The largest absolute Gasteiger partial charge is 0.310 e. The van der Waals surface area contributed by atoms with Crippen molar-refractivity contribution in [2.24, 2.45) is 0 Å². The molecule has 0 aliphatic carbocycles. The maximum Gasteiger partial charge on any atom is 0.0468 e.